The molecule has 2 aromatic heterocycles. The first-order valence-electron chi connectivity index (χ1n) is 9.94. The molecular formula is C23H25N5O2. The minimum Gasteiger partial charge on any atom is -0.496 e. The molecule has 0 saturated carbocycles. The molecule has 2 heterocycles. The molecule has 154 valence electrons. The molecule has 0 saturated heterocycles. The Kier molecular flexibility index (Phi) is 5.20. The Morgan fingerprint density at radius 2 is 2.03 bits per heavy atom. The van der Waals surface area contributed by atoms with Crippen molar-refractivity contribution in [1.29, 1.82) is 0 Å². The molecule has 1 aromatic carbocycles. The van der Waals surface area contributed by atoms with E-state index in [0.717, 1.165) is 29.7 Å². The molecule has 0 fully saturated rings. The molecule has 1 aliphatic rings. The summed E-state index contributed by atoms with van der Waals surface area (Å²) in [6, 6.07) is 5.39. The van der Waals surface area contributed by atoms with Crippen LogP contribution in [0.4, 0.5) is 0 Å². The van der Waals surface area contributed by atoms with E-state index >= 15 is 0 Å². The Balaban J connectivity index is 1.67. The van der Waals surface area contributed by atoms with Crippen LogP contribution in [0.25, 0.3) is 11.5 Å². The fourth-order valence-electron chi connectivity index (χ4n) is 4.05. The molecule has 1 amide bonds. The molecule has 4 rings (SSSR count). The molecule has 0 spiro atoms. The summed E-state index contributed by atoms with van der Waals surface area (Å²) in [4.78, 5) is 30.8. The van der Waals surface area contributed by atoms with E-state index in [1.807, 2.05) is 19.1 Å². The van der Waals surface area contributed by atoms with Gasteiger partial charge >= 0.3 is 0 Å². The van der Waals surface area contributed by atoms with Crippen LogP contribution in [0.5, 0.6) is 5.75 Å². The Morgan fingerprint density at radius 3 is 2.77 bits per heavy atom. The van der Waals surface area contributed by atoms with Gasteiger partial charge < -0.3 is 10.1 Å². The Bertz CT molecular complexity index is 1080. The van der Waals surface area contributed by atoms with Crippen LogP contribution in [0.15, 0.2) is 43.0 Å². The molecule has 1 aliphatic carbocycles. The monoisotopic (exact) mass is 403 g/mol. The summed E-state index contributed by atoms with van der Waals surface area (Å²) in [5, 5.41) is 3.18. The number of fused-ring (bicyclic) bond motifs is 1. The van der Waals surface area contributed by atoms with Gasteiger partial charge in [0.25, 0.3) is 5.91 Å². The minimum atomic E-state index is -0.183. The molecule has 3 aromatic rings. The van der Waals surface area contributed by atoms with Crippen molar-refractivity contribution in [2.45, 2.75) is 39.7 Å². The third-order valence-electron chi connectivity index (χ3n) is 5.44. The minimum absolute atomic E-state index is 0.0182. The third-order valence-corrected chi connectivity index (χ3v) is 5.44. The number of aryl methyl sites for hydroxylation is 1. The number of methoxy groups -OCH3 is 1. The van der Waals surface area contributed by atoms with Crippen molar-refractivity contribution in [2.75, 3.05) is 7.11 Å². The lowest BCUT2D eigenvalue weighted by Gasteiger charge is -2.36. The number of benzene rings is 1. The van der Waals surface area contributed by atoms with Gasteiger partial charge in [0.2, 0.25) is 0 Å². The van der Waals surface area contributed by atoms with Crippen LogP contribution in [-0.2, 0) is 6.42 Å². The highest BCUT2D eigenvalue weighted by molar-refractivity contribution is 5.97. The zero-order valence-corrected chi connectivity index (χ0v) is 17.6. The van der Waals surface area contributed by atoms with Crippen LogP contribution in [0.2, 0.25) is 0 Å². The number of nitrogens with one attached hydrogen (secondary N) is 1. The van der Waals surface area contributed by atoms with Crippen molar-refractivity contribution < 1.29 is 9.53 Å². The number of ether oxygens (including phenoxy) is 1. The number of aromatic nitrogens is 4. The smallest absolute Gasteiger partial charge is 0.255 e. The second kappa shape index (κ2) is 7.82. The normalized spacial score (nSPS) is 17.1. The Hall–Kier alpha value is -3.35. The first-order chi connectivity index (χ1) is 14.4. The summed E-state index contributed by atoms with van der Waals surface area (Å²) in [7, 11) is 1.58. The van der Waals surface area contributed by atoms with Crippen LogP contribution in [-0.4, -0.2) is 33.0 Å². The Morgan fingerprint density at radius 1 is 1.20 bits per heavy atom. The Labute approximate surface area is 176 Å². The molecule has 0 radical (unpaired) electrons. The first kappa shape index (κ1) is 19.9. The lowest BCUT2D eigenvalue weighted by Crippen LogP contribution is -2.37. The average molecular weight is 403 g/mol. The molecule has 1 atom stereocenters. The molecule has 1 N–H and O–H groups in total. The van der Waals surface area contributed by atoms with Crippen LogP contribution in [0.1, 0.15) is 53.5 Å². The number of amides is 1. The summed E-state index contributed by atoms with van der Waals surface area (Å²) in [5.41, 5.74) is 3.94. The van der Waals surface area contributed by atoms with E-state index < -0.39 is 0 Å². The predicted octanol–water partition coefficient (Wildman–Crippen LogP) is 3.69. The van der Waals surface area contributed by atoms with Gasteiger partial charge in [-0.25, -0.2) is 15.0 Å². The third kappa shape index (κ3) is 3.87. The second-order valence-electron chi connectivity index (χ2n) is 8.41. The van der Waals surface area contributed by atoms with Crippen molar-refractivity contribution >= 4 is 5.91 Å². The molecule has 7 heteroatoms. The highest BCUT2D eigenvalue weighted by atomic mass is 16.5. The maximum atomic E-state index is 13.1. The van der Waals surface area contributed by atoms with Crippen molar-refractivity contribution in [3.8, 4) is 17.3 Å². The molecule has 1 unspecified atom stereocenters. The van der Waals surface area contributed by atoms with E-state index in [1.165, 1.54) is 0 Å². The van der Waals surface area contributed by atoms with Gasteiger partial charge in [-0.2, -0.15) is 0 Å². The van der Waals surface area contributed by atoms with Crippen LogP contribution in [0, 0.1) is 12.3 Å². The van der Waals surface area contributed by atoms with Gasteiger partial charge in [-0.05, 0) is 36.8 Å². The SMILES string of the molecule is COc1c(C)cccc1C(=O)NC1CC(C)(C)Cc2nc(-c3cnccn3)ncc21. The lowest BCUT2D eigenvalue weighted by atomic mass is 9.74. The quantitative estimate of drug-likeness (QED) is 0.714. The van der Waals surface area contributed by atoms with Gasteiger partial charge in [0.15, 0.2) is 5.82 Å². The average Bonchev–Trinajstić information content (AvgIpc) is 2.73. The molecule has 0 aliphatic heterocycles. The largest absolute Gasteiger partial charge is 0.496 e. The molecule has 30 heavy (non-hydrogen) atoms. The number of para-hydroxylation sites is 1. The topological polar surface area (TPSA) is 89.9 Å². The van der Waals surface area contributed by atoms with Gasteiger partial charge in [0, 0.05) is 24.2 Å². The molecule has 0 bridgehead atoms. The fraction of sp³-hybridized carbons (Fsp3) is 0.348. The van der Waals surface area contributed by atoms with Gasteiger partial charge in [0.05, 0.1) is 30.6 Å². The highest BCUT2D eigenvalue weighted by Gasteiger charge is 2.35. The summed E-state index contributed by atoms with van der Waals surface area (Å²) >= 11 is 0. The number of hydrogen-bond donors (Lipinski definition) is 1. The maximum absolute atomic E-state index is 13.1. The number of carbonyl (C=O) groups is 1. The van der Waals surface area contributed by atoms with Crippen molar-refractivity contribution in [3.63, 3.8) is 0 Å². The van der Waals surface area contributed by atoms with E-state index in [-0.39, 0.29) is 17.4 Å². The van der Waals surface area contributed by atoms with E-state index in [0.29, 0.717) is 22.8 Å². The van der Waals surface area contributed by atoms with Gasteiger partial charge in [-0.3, -0.25) is 9.78 Å². The summed E-state index contributed by atoms with van der Waals surface area (Å²) in [6.45, 7) is 6.30. The van der Waals surface area contributed by atoms with Crippen LogP contribution in [0.3, 0.4) is 0 Å². The second-order valence-corrected chi connectivity index (χ2v) is 8.41. The number of hydrogen-bond acceptors (Lipinski definition) is 6. The van der Waals surface area contributed by atoms with Crippen LogP contribution >= 0.6 is 0 Å². The van der Waals surface area contributed by atoms with Gasteiger partial charge in [-0.15, -0.1) is 0 Å². The fourth-order valence-corrected chi connectivity index (χ4v) is 4.05. The van der Waals surface area contributed by atoms with Crippen molar-refractivity contribution in [2.24, 2.45) is 5.41 Å². The van der Waals surface area contributed by atoms with E-state index in [9.17, 15) is 4.79 Å². The van der Waals surface area contributed by atoms with Gasteiger partial charge in [-0.1, -0.05) is 26.0 Å². The zero-order valence-electron chi connectivity index (χ0n) is 17.6. The van der Waals surface area contributed by atoms with Crippen molar-refractivity contribution in [1.82, 2.24) is 25.3 Å². The number of nitrogens with zero attached hydrogens (tertiary/aromatic N) is 4. The van der Waals surface area contributed by atoms with Crippen molar-refractivity contribution in [3.05, 3.63) is 65.4 Å². The van der Waals surface area contributed by atoms with E-state index in [1.54, 1.807) is 38.0 Å². The lowest BCUT2D eigenvalue weighted by molar-refractivity contribution is 0.0915. The first-order valence-corrected chi connectivity index (χ1v) is 9.94. The maximum Gasteiger partial charge on any atom is 0.255 e. The zero-order chi connectivity index (χ0) is 21.3. The summed E-state index contributed by atoms with van der Waals surface area (Å²) in [6.07, 6.45) is 8.31. The summed E-state index contributed by atoms with van der Waals surface area (Å²) < 4.78 is 5.46. The van der Waals surface area contributed by atoms with E-state index in [2.05, 4.69) is 34.1 Å². The van der Waals surface area contributed by atoms with Gasteiger partial charge in [0.1, 0.15) is 11.4 Å². The van der Waals surface area contributed by atoms with Crippen LogP contribution < -0.4 is 10.1 Å². The molecular weight excluding hydrogens is 378 g/mol. The number of rotatable bonds is 4. The standard InChI is InChI=1S/C23H25N5O2/c1-14-6-5-7-15(20(14)30-4)22(29)28-18-11-23(2,3)10-17-16(18)12-26-21(27-17)19-13-24-8-9-25-19/h5-9,12-13,18H,10-11H2,1-4H3,(H,28,29). The van der Waals surface area contributed by atoms with E-state index in [4.69, 9.17) is 9.72 Å². The number of carbonyl (C=O) groups excluding carboxylic acids is 1. The summed E-state index contributed by atoms with van der Waals surface area (Å²) in [5.74, 6) is 0.978. The highest BCUT2D eigenvalue weighted by Crippen LogP contribution is 2.40. The predicted molar refractivity (Wildman–Crippen MR) is 113 cm³/mol. The molecule has 7 nitrogen and oxygen atoms in total.